The van der Waals surface area contributed by atoms with Crippen molar-refractivity contribution in [3.05, 3.63) is 50.7 Å². The van der Waals surface area contributed by atoms with Gasteiger partial charge >= 0.3 is 5.97 Å². The standard InChI is InChI=1S/C15H14ClNO3S/c1-9-8-21-14(13(9)16)15(20)17-11-5-2-10(3-6-11)4-7-12(18)19/h2-3,5-6,8H,4,7H2,1H3,(H,17,20)(H,18,19). The number of benzene rings is 1. The summed E-state index contributed by atoms with van der Waals surface area (Å²) < 4.78 is 0. The molecule has 1 aromatic carbocycles. The first-order chi connectivity index (χ1) is 9.97. The van der Waals surface area contributed by atoms with E-state index in [4.69, 9.17) is 16.7 Å². The van der Waals surface area contributed by atoms with Crippen molar-refractivity contribution < 1.29 is 14.7 Å². The second kappa shape index (κ2) is 6.74. The summed E-state index contributed by atoms with van der Waals surface area (Å²) >= 11 is 7.37. The van der Waals surface area contributed by atoms with Gasteiger partial charge in [0.2, 0.25) is 0 Å². The number of anilines is 1. The molecule has 0 unspecified atom stereocenters. The SMILES string of the molecule is Cc1csc(C(=O)Nc2ccc(CCC(=O)O)cc2)c1Cl. The molecular weight excluding hydrogens is 310 g/mol. The minimum absolute atomic E-state index is 0.0930. The first-order valence-electron chi connectivity index (χ1n) is 6.33. The summed E-state index contributed by atoms with van der Waals surface area (Å²) in [4.78, 5) is 23.1. The molecule has 0 atom stereocenters. The molecule has 2 rings (SSSR count). The highest BCUT2D eigenvalue weighted by Crippen LogP contribution is 2.27. The van der Waals surface area contributed by atoms with Crippen LogP contribution < -0.4 is 5.32 Å². The molecule has 0 fully saturated rings. The van der Waals surface area contributed by atoms with Gasteiger partial charge in [0.15, 0.2) is 0 Å². The van der Waals surface area contributed by atoms with E-state index in [-0.39, 0.29) is 12.3 Å². The van der Waals surface area contributed by atoms with E-state index in [0.717, 1.165) is 11.1 Å². The Kier molecular flexibility index (Phi) is 4.98. The van der Waals surface area contributed by atoms with Crippen LogP contribution in [0, 0.1) is 6.92 Å². The quantitative estimate of drug-likeness (QED) is 0.874. The average Bonchev–Trinajstić information content (AvgIpc) is 2.78. The Bertz CT molecular complexity index is 664. The van der Waals surface area contributed by atoms with E-state index in [1.54, 1.807) is 24.3 Å². The fourth-order valence-electron chi connectivity index (χ4n) is 1.78. The number of carbonyl (C=O) groups excluding carboxylic acids is 1. The Morgan fingerprint density at radius 3 is 2.48 bits per heavy atom. The number of carboxylic acid groups (broad SMARTS) is 1. The Balaban J connectivity index is 2.01. The maximum absolute atomic E-state index is 12.1. The summed E-state index contributed by atoms with van der Waals surface area (Å²) in [5.74, 6) is -1.06. The van der Waals surface area contributed by atoms with E-state index in [9.17, 15) is 9.59 Å². The van der Waals surface area contributed by atoms with E-state index < -0.39 is 5.97 Å². The van der Waals surface area contributed by atoms with Crippen molar-refractivity contribution >= 4 is 40.5 Å². The van der Waals surface area contributed by atoms with Crippen molar-refractivity contribution in [1.82, 2.24) is 0 Å². The summed E-state index contributed by atoms with van der Waals surface area (Å²) in [5, 5.41) is 13.7. The van der Waals surface area contributed by atoms with Gasteiger partial charge in [0.1, 0.15) is 4.88 Å². The monoisotopic (exact) mass is 323 g/mol. The highest BCUT2D eigenvalue weighted by molar-refractivity contribution is 7.13. The largest absolute Gasteiger partial charge is 0.481 e. The minimum atomic E-state index is -0.824. The van der Waals surface area contributed by atoms with Crippen LogP contribution in [0.3, 0.4) is 0 Å². The fourth-order valence-corrected chi connectivity index (χ4v) is 2.95. The molecule has 0 bridgehead atoms. The molecule has 1 heterocycles. The predicted molar refractivity (Wildman–Crippen MR) is 84.4 cm³/mol. The van der Waals surface area contributed by atoms with Crippen LogP contribution in [-0.4, -0.2) is 17.0 Å². The first kappa shape index (κ1) is 15.5. The molecular formula is C15H14ClNO3S. The van der Waals surface area contributed by atoms with Gasteiger partial charge in [-0.05, 0) is 42.0 Å². The first-order valence-corrected chi connectivity index (χ1v) is 7.59. The number of aliphatic carboxylic acids is 1. The lowest BCUT2D eigenvalue weighted by Gasteiger charge is -2.05. The zero-order valence-corrected chi connectivity index (χ0v) is 12.9. The highest BCUT2D eigenvalue weighted by atomic mass is 35.5. The van der Waals surface area contributed by atoms with E-state index in [1.807, 2.05) is 12.3 Å². The van der Waals surface area contributed by atoms with E-state index >= 15 is 0 Å². The van der Waals surface area contributed by atoms with Gasteiger partial charge in [0, 0.05) is 12.1 Å². The van der Waals surface area contributed by atoms with Gasteiger partial charge in [-0.25, -0.2) is 0 Å². The molecule has 0 aliphatic rings. The topological polar surface area (TPSA) is 66.4 Å². The van der Waals surface area contributed by atoms with Gasteiger partial charge in [0.05, 0.1) is 5.02 Å². The van der Waals surface area contributed by atoms with Crippen molar-refractivity contribution in [2.75, 3.05) is 5.32 Å². The van der Waals surface area contributed by atoms with Gasteiger partial charge in [-0.3, -0.25) is 9.59 Å². The minimum Gasteiger partial charge on any atom is -0.481 e. The van der Waals surface area contributed by atoms with Gasteiger partial charge in [-0.2, -0.15) is 0 Å². The lowest BCUT2D eigenvalue weighted by Crippen LogP contribution is -2.10. The second-order valence-corrected chi connectivity index (χ2v) is 5.86. The molecule has 0 saturated heterocycles. The number of halogens is 1. The maximum atomic E-state index is 12.1. The number of nitrogens with one attached hydrogen (secondary N) is 1. The zero-order chi connectivity index (χ0) is 15.4. The normalized spacial score (nSPS) is 10.4. The summed E-state index contributed by atoms with van der Waals surface area (Å²) in [6.07, 6.45) is 0.565. The Hall–Kier alpha value is -1.85. The fraction of sp³-hybridized carbons (Fsp3) is 0.200. The molecule has 4 nitrogen and oxygen atoms in total. The van der Waals surface area contributed by atoms with Crippen molar-refractivity contribution in [3.8, 4) is 0 Å². The molecule has 21 heavy (non-hydrogen) atoms. The Labute approximate surface area is 131 Å². The number of carboxylic acids is 1. The third-order valence-corrected chi connectivity index (χ3v) is 4.64. The predicted octanol–water partition coefficient (Wildman–Crippen LogP) is 3.98. The number of rotatable bonds is 5. The molecule has 2 N–H and O–H groups in total. The second-order valence-electron chi connectivity index (χ2n) is 4.61. The number of amides is 1. The molecule has 6 heteroatoms. The van der Waals surface area contributed by atoms with Crippen molar-refractivity contribution in [1.29, 1.82) is 0 Å². The summed E-state index contributed by atoms with van der Waals surface area (Å²) in [5.41, 5.74) is 2.46. The van der Waals surface area contributed by atoms with Crippen LogP contribution in [0.4, 0.5) is 5.69 Å². The van der Waals surface area contributed by atoms with Crippen LogP contribution in [0.5, 0.6) is 0 Å². The highest BCUT2D eigenvalue weighted by Gasteiger charge is 2.14. The van der Waals surface area contributed by atoms with E-state index in [0.29, 0.717) is 22.0 Å². The summed E-state index contributed by atoms with van der Waals surface area (Å²) in [6.45, 7) is 1.85. The van der Waals surface area contributed by atoms with Gasteiger partial charge in [-0.1, -0.05) is 23.7 Å². The van der Waals surface area contributed by atoms with Crippen molar-refractivity contribution in [3.63, 3.8) is 0 Å². The van der Waals surface area contributed by atoms with Gasteiger partial charge < -0.3 is 10.4 Å². The van der Waals surface area contributed by atoms with Crippen LogP contribution in [0.15, 0.2) is 29.6 Å². The number of thiophene rings is 1. The number of hydrogen-bond donors (Lipinski definition) is 2. The lowest BCUT2D eigenvalue weighted by atomic mass is 10.1. The van der Waals surface area contributed by atoms with Crippen LogP contribution in [-0.2, 0) is 11.2 Å². The third kappa shape index (κ3) is 4.06. The zero-order valence-electron chi connectivity index (χ0n) is 11.4. The average molecular weight is 324 g/mol. The molecule has 0 spiro atoms. The summed E-state index contributed by atoms with van der Waals surface area (Å²) in [6, 6.07) is 7.12. The Morgan fingerprint density at radius 2 is 1.95 bits per heavy atom. The molecule has 2 aromatic rings. The maximum Gasteiger partial charge on any atom is 0.303 e. The Morgan fingerprint density at radius 1 is 1.29 bits per heavy atom. The molecule has 1 aromatic heterocycles. The summed E-state index contributed by atoms with van der Waals surface area (Å²) in [7, 11) is 0. The van der Waals surface area contributed by atoms with Gasteiger partial charge in [-0.15, -0.1) is 11.3 Å². The number of aryl methyl sites for hydroxylation is 2. The van der Waals surface area contributed by atoms with Crippen LogP contribution in [0.2, 0.25) is 5.02 Å². The van der Waals surface area contributed by atoms with Crippen molar-refractivity contribution in [2.24, 2.45) is 0 Å². The molecule has 0 aliphatic heterocycles. The molecule has 0 saturated carbocycles. The van der Waals surface area contributed by atoms with Crippen LogP contribution >= 0.6 is 22.9 Å². The lowest BCUT2D eigenvalue weighted by molar-refractivity contribution is -0.136. The number of hydrogen-bond acceptors (Lipinski definition) is 3. The molecule has 0 radical (unpaired) electrons. The molecule has 110 valence electrons. The van der Waals surface area contributed by atoms with Crippen LogP contribution in [0.25, 0.3) is 0 Å². The van der Waals surface area contributed by atoms with E-state index in [1.165, 1.54) is 11.3 Å². The van der Waals surface area contributed by atoms with Gasteiger partial charge in [0.25, 0.3) is 5.91 Å². The third-order valence-electron chi connectivity index (χ3n) is 2.94. The molecule has 1 amide bonds. The van der Waals surface area contributed by atoms with Crippen LogP contribution in [0.1, 0.15) is 27.2 Å². The van der Waals surface area contributed by atoms with Crippen molar-refractivity contribution in [2.45, 2.75) is 19.8 Å². The molecule has 0 aliphatic carbocycles. The smallest absolute Gasteiger partial charge is 0.303 e. The van der Waals surface area contributed by atoms with E-state index in [2.05, 4.69) is 5.32 Å². The number of carbonyl (C=O) groups is 2.